The Hall–Kier alpha value is -2.34. The summed E-state index contributed by atoms with van der Waals surface area (Å²) in [6.07, 6.45) is 0. The molecule has 1 aromatic heterocycles. The number of carbonyl (C=O) groups is 1. The molecule has 106 valence electrons. The molecule has 1 amide bonds. The van der Waals surface area contributed by atoms with Crippen LogP contribution in [0.1, 0.15) is 10.5 Å². The Bertz CT molecular complexity index is 596. The minimum absolute atomic E-state index is 0.135. The maximum Gasteiger partial charge on any atom is 0.274 e. The number of aromatic amines is 1. The number of H-pyrrole nitrogens is 1. The number of guanidine groups is 1. The molecular weight excluding hydrogens is 254 g/mol. The Morgan fingerprint density at radius 1 is 1.40 bits per heavy atom. The Morgan fingerprint density at radius 2 is 2.15 bits per heavy atom. The zero-order valence-electron chi connectivity index (χ0n) is 11.7. The quantitative estimate of drug-likeness (QED) is 0.568. The summed E-state index contributed by atoms with van der Waals surface area (Å²) in [7, 11) is 3.91. The van der Waals surface area contributed by atoms with Crippen molar-refractivity contribution in [3.8, 4) is 0 Å². The molecule has 0 fully saturated rings. The van der Waals surface area contributed by atoms with Crippen LogP contribution in [-0.4, -0.2) is 48.9 Å². The van der Waals surface area contributed by atoms with Crippen LogP contribution in [-0.2, 0) is 0 Å². The third-order valence-electron chi connectivity index (χ3n) is 2.85. The van der Waals surface area contributed by atoms with Gasteiger partial charge in [0, 0.05) is 17.4 Å². The number of likely N-dealkylation sites (N-methyl/N-ethyl adjacent to an activating group) is 1. The van der Waals surface area contributed by atoms with Crippen LogP contribution in [0.2, 0.25) is 0 Å². The molecule has 0 saturated heterocycles. The standard InChI is InChI=1S/C14H19N5O/c1-19(2)8-7-16-14(15)18-13(20)12-9-10-5-3-4-6-11(10)17-12/h3-6,9,17H,7-8H2,1-2H3,(H3,15,16,18,20). The van der Waals surface area contributed by atoms with Crippen molar-refractivity contribution in [1.82, 2.24) is 15.2 Å². The lowest BCUT2D eigenvalue weighted by Gasteiger charge is -2.07. The molecule has 0 radical (unpaired) electrons. The van der Waals surface area contributed by atoms with E-state index in [0.717, 1.165) is 17.4 Å². The van der Waals surface area contributed by atoms with Crippen molar-refractivity contribution in [2.24, 2.45) is 10.7 Å². The van der Waals surface area contributed by atoms with Gasteiger partial charge in [0.25, 0.3) is 5.91 Å². The second-order valence-electron chi connectivity index (χ2n) is 4.79. The van der Waals surface area contributed by atoms with Crippen molar-refractivity contribution in [1.29, 1.82) is 0 Å². The van der Waals surface area contributed by atoms with E-state index < -0.39 is 0 Å². The van der Waals surface area contributed by atoms with Crippen molar-refractivity contribution in [3.63, 3.8) is 0 Å². The van der Waals surface area contributed by atoms with E-state index in [1.807, 2.05) is 43.3 Å². The van der Waals surface area contributed by atoms with E-state index >= 15 is 0 Å². The van der Waals surface area contributed by atoms with Crippen LogP contribution >= 0.6 is 0 Å². The molecule has 2 rings (SSSR count). The monoisotopic (exact) mass is 273 g/mol. The minimum Gasteiger partial charge on any atom is -0.370 e. The molecule has 0 atom stereocenters. The number of nitrogens with one attached hydrogen (secondary N) is 2. The highest BCUT2D eigenvalue weighted by Gasteiger charge is 2.09. The Kier molecular flexibility index (Phi) is 4.37. The number of benzene rings is 1. The number of hydrogen-bond acceptors (Lipinski definition) is 3. The molecule has 0 unspecified atom stereocenters. The van der Waals surface area contributed by atoms with E-state index in [1.165, 1.54) is 0 Å². The number of fused-ring (bicyclic) bond motifs is 1. The summed E-state index contributed by atoms with van der Waals surface area (Å²) in [5.74, 6) is -0.150. The Balaban J connectivity index is 2.00. The van der Waals surface area contributed by atoms with Crippen LogP contribution in [0.5, 0.6) is 0 Å². The number of carbonyl (C=O) groups excluding carboxylic acids is 1. The van der Waals surface area contributed by atoms with Crippen molar-refractivity contribution >= 4 is 22.8 Å². The van der Waals surface area contributed by atoms with Crippen molar-refractivity contribution in [3.05, 3.63) is 36.0 Å². The summed E-state index contributed by atoms with van der Waals surface area (Å²) < 4.78 is 0. The van der Waals surface area contributed by atoms with Gasteiger partial charge in [0.15, 0.2) is 5.96 Å². The molecule has 0 saturated carbocycles. The largest absolute Gasteiger partial charge is 0.370 e. The first-order valence-electron chi connectivity index (χ1n) is 6.40. The van der Waals surface area contributed by atoms with Gasteiger partial charge in [-0.25, -0.2) is 0 Å². The minimum atomic E-state index is -0.285. The molecule has 0 spiro atoms. The van der Waals surface area contributed by atoms with E-state index in [2.05, 4.69) is 15.3 Å². The number of rotatable bonds is 4. The number of aromatic nitrogens is 1. The van der Waals surface area contributed by atoms with Crippen LogP contribution in [0, 0.1) is 0 Å². The summed E-state index contributed by atoms with van der Waals surface area (Å²) >= 11 is 0. The fourth-order valence-electron chi connectivity index (χ4n) is 1.79. The van der Waals surface area contributed by atoms with Gasteiger partial charge < -0.3 is 15.6 Å². The molecule has 20 heavy (non-hydrogen) atoms. The molecule has 0 aliphatic heterocycles. The number of hydrogen-bond donors (Lipinski definition) is 3. The number of aliphatic imine (C=N–C) groups is 1. The molecule has 0 aliphatic carbocycles. The topological polar surface area (TPSA) is 86.5 Å². The normalized spacial score (nSPS) is 12.1. The first kappa shape index (κ1) is 14.1. The third-order valence-corrected chi connectivity index (χ3v) is 2.85. The Morgan fingerprint density at radius 3 is 2.85 bits per heavy atom. The van der Waals surface area contributed by atoms with Crippen molar-refractivity contribution in [2.75, 3.05) is 27.2 Å². The number of para-hydroxylation sites is 1. The van der Waals surface area contributed by atoms with E-state index in [9.17, 15) is 4.79 Å². The lowest BCUT2D eigenvalue weighted by atomic mass is 10.2. The summed E-state index contributed by atoms with van der Waals surface area (Å²) in [6, 6.07) is 9.49. The fourth-order valence-corrected chi connectivity index (χ4v) is 1.79. The summed E-state index contributed by atoms with van der Waals surface area (Å²) in [5, 5.41) is 3.56. The molecule has 6 nitrogen and oxygen atoms in total. The lowest BCUT2D eigenvalue weighted by molar-refractivity contribution is 0.0972. The molecular formula is C14H19N5O. The zero-order valence-corrected chi connectivity index (χ0v) is 11.7. The van der Waals surface area contributed by atoms with Crippen LogP contribution in [0.15, 0.2) is 35.3 Å². The van der Waals surface area contributed by atoms with Gasteiger partial charge in [-0.05, 0) is 26.2 Å². The number of amides is 1. The molecule has 0 bridgehead atoms. The van der Waals surface area contributed by atoms with Gasteiger partial charge in [-0.2, -0.15) is 0 Å². The van der Waals surface area contributed by atoms with Crippen LogP contribution in [0.3, 0.4) is 0 Å². The highest BCUT2D eigenvalue weighted by Crippen LogP contribution is 2.14. The summed E-state index contributed by atoms with van der Waals surface area (Å²) in [4.78, 5) is 21.1. The smallest absolute Gasteiger partial charge is 0.274 e. The van der Waals surface area contributed by atoms with Gasteiger partial charge in [-0.15, -0.1) is 0 Å². The lowest BCUT2D eigenvalue weighted by Crippen LogP contribution is -2.37. The highest BCUT2D eigenvalue weighted by molar-refractivity contribution is 6.06. The Labute approximate surface area is 117 Å². The number of nitrogens with zero attached hydrogens (tertiary/aromatic N) is 2. The SMILES string of the molecule is CN(C)CCN=C(N)NC(=O)c1cc2ccccc2[nH]1. The van der Waals surface area contributed by atoms with Gasteiger partial charge >= 0.3 is 0 Å². The van der Waals surface area contributed by atoms with Gasteiger partial charge in [-0.1, -0.05) is 18.2 Å². The molecule has 4 N–H and O–H groups in total. The maximum absolute atomic E-state index is 12.0. The first-order valence-corrected chi connectivity index (χ1v) is 6.40. The maximum atomic E-state index is 12.0. The molecule has 0 aliphatic rings. The fraction of sp³-hybridized carbons (Fsp3) is 0.286. The van der Waals surface area contributed by atoms with Gasteiger partial charge in [0.2, 0.25) is 0 Å². The van der Waals surface area contributed by atoms with Gasteiger partial charge in [0.1, 0.15) is 5.69 Å². The van der Waals surface area contributed by atoms with Gasteiger partial charge in [-0.3, -0.25) is 15.1 Å². The van der Waals surface area contributed by atoms with Crippen LogP contribution in [0.25, 0.3) is 10.9 Å². The summed E-state index contributed by atoms with van der Waals surface area (Å²) in [5.41, 5.74) is 7.06. The van der Waals surface area contributed by atoms with Gasteiger partial charge in [0.05, 0.1) is 6.54 Å². The first-order chi connectivity index (χ1) is 9.56. The summed E-state index contributed by atoms with van der Waals surface area (Å²) in [6.45, 7) is 1.33. The van der Waals surface area contributed by atoms with Crippen molar-refractivity contribution < 1.29 is 4.79 Å². The van der Waals surface area contributed by atoms with Crippen LogP contribution in [0.4, 0.5) is 0 Å². The predicted molar refractivity (Wildman–Crippen MR) is 80.8 cm³/mol. The number of nitrogens with two attached hydrogens (primary N) is 1. The molecule has 1 heterocycles. The zero-order chi connectivity index (χ0) is 14.5. The molecule has 1 aromatic carbocycles. The second kappa shape index (κ2) is 6.21. The predicted octanol–water partition coefficient (Wildman–Crippen LogP) is 0.774. The third kappa shape index (κ3) is 3.58. The second-order valence-corrected chi connectivity index (χ2v) is 4.79. The van der Waals surface area contributed by atoms with E-state index in [4.69, 9.17) is 5.73 Å². The average Bonchev–Trinajstić information content (AvgIpc) is 2.82. The molecule has 2 aromatic rings. The van der Waals surface area contributed by atoms with E-state index in [1.54, 1.807) is 6.07 Å². The molecule has 6 heteroatoms. The van der Waals surface area contributed by atoms with E-state index in [-0.39, 0.29) is 11.9 Å². The van der Waals surface area contributed by atoms with E-state index in [0.29, 0.717) is 12.2 Å². The van der Waals surface area contributed by atoms with Crippen LogP contribution < -0.4 is 11.1 Å². The highest BCUT2D eigenvalue weighted by atomic mass is 16.2. The average molecular weight is 273 g/mol. The van der Waals surface area contributed by atoms with Crippen molar-refractivity contribution in [2.45, 2.75) is 0 Å².